The molecule has 0 N–H and O–H groups in total. The van der Waals surface area contributed by atoms with Crippen LogP contribution in [0.1, 0.15) is 297 Å². The van der Waals surface area contributed by atoms with Gasteiger partial charge in [-0.2, -0.15) is 0 Å². The van der Waals surface area contributed by atoms with Crippen molar-refractivity contribution in [2.75, 3.05) is 13.2 Å². The van der Waals surface area contributed by atoms with Gasteiger partial charge in [0.05, 0.1) is 0 Å². The van der Waals surface area contributed by atoms with Crippen LogP contribution in [0.15, 0.2) is 24.3 Å². The second kappa shape index (κ2) is 51.5. The molecule has 0 amide bonds. The molecule has 0 aromatic carbocycles. The summed E-state index contributed by atoms with van der Waals surface area (Å²) in [4.78, 5) is 38.0. The van der Waals surface area contributed by atoms with Gasteiger partial charge in [0.25, 0.3) is 0 Å². The largest absolute Gasteiger partial charge is 0.462 e. The zero-order valence-electron chi connectivity index (χ0n) is 41.7. The summed E-state index contributed by atoms with van der Waals surface area (Å²) in [7, 11) is 0. The summed E-state index contributed by atoms with van der Waals surface area (Å²) in [5.74, 6) is -0.853. The Labute approximate surface area is 385 Å². The second-order valence-corrected chi connectivity index (χ2v) is 18.5. The molecule has 0 heterocycles. The molecule has 364 valence electrons. The number of esters is 3. The van der Waals surface area contributed by atoms with E-state index in [2.05, 4.69) is 45.1 Å². The standard InChI is InChI=1S/C56H104O6/c1-4-7-10-13-16-19-22-25-26-27-28-29-30-32-34-37-40-43-46-49-55(58)61-52-53(51-60-54(57)48-45-42-39-36-33-24-21-18-15-12-9-6-3)62-56(59)50-47-44-41-38-35-31-23-20-17-14-11-8-5-2/h16,19,22,25,53H,4-15,17-18,20-21,23-24,26-52H2,1-3H3/b19-16-,25-22-. The highest BCUT2D eigenvalue weighted by atomic mass is 16.6. The first-order chi connectivity index (χ1) is 30.5. The summed E-state index contributed by atoms with van der Waals surface area (Å²) in [6.07, 6.45) is 58.7. The Bertz CT molecular complexity index is 1000. The van der Waals surface area contributed by atoms with Crippen molar-refractivity contribution in [1.29, 1.82) is 0 Å². The van der Waals surface area contributed by atoms with Crippen molar-refractivity contribution in [2.24, 2.45) is 0 Å². The monoisotopic (exact) mass is 873 g/mol. The molecule has 0 aliphatic rings. The average Bonchev–Trinajstić information content (AvgIpc) is 3.27. The van der Waals surface area contributed by atoms with Gasteiger partial charge in [-0.1, -0.05) is 257 Å². The molecule has 0 spiro atoms. The number of allylic oxidation sites excluding steroid dienone is 4. The molecule has 0 saturated heterocycles. The Kier molecular flexibility index (Phi) is 49.8. The van der Waals surface area contributed by atoms with Crippen molar-refractivity contribution in [2.45, 2.75) is 303 Å². The molecule has 6 nitrogen and oxygen atoms in total. The summed E-state index contributed by atoms with van der Waals surface area (Å²) < 4.78 is 16.8. The van der Waals surface area contributed by atoms with E-state index in [-0.39, 0.29) is 31.1 Å². The second-order valence-electron chi connectivity index (χ2n) is 18.5. The Morgan fingerprint density at radius 2 is 0.565 bits per heavy atom. The molecule has 0 saturated carbocycles. The smallest absolute Gasteiger partial charge is 0.306 e. The van der Waals surface area contributed by atoms with E-state index in [4.69, 9.17) is 14.2 Å². The maximum atomic E-state index is 12.8. The molecular formula is C56H104O6. The molecule has 1 atom stereocenters. The summed E-state index contributed by atoms with van der Waals surface area (Å²) in [5, 5.41) is 0. The van der Waals surface area contributed by atoms with E-state index in [1.54, 1.807) is 0 Å². The third-order valence-corrected chi connectivity index (χ3v) is 12.2. The zero-order valence-corrected chi connectivity index (χ0v) is 41.7. The van der Waals surface area contributed by atoms with E-state index in [0.29, 0.717) is 19.3 Å². The van der Waals surface area contributed by atoms with Crippen LogP contribution in [0.4, 0.5) is 0 Å². The molecule has 0 bridgehead atoms. The van der Waals surface area contributed by atoms with Crippen LogP contribution in [0.5, 0.6) is 0 Å². The fraction of sp³-hybridized carbons (Fsp3) is 0.875. The molecule has 6 heteroatoms. The van der Waals surface area contributed by atoms with Gasteiger partial charge in [0.2, 0.25) is 0 Å². The lowest BCUT2D eigenvalue weighted by Crippen LogP contribution is -2.30. The molecule has 0 radical (unpaired) electrons. The molecule has 0 aromatic rings. The molecule has 1 unspecified atom stereocenters. The van der Waals surface area contributed by atoms with E-state index in [1.807, 2.05) is 0 Å². The SMILES string of the molecule is CCCCC/C=C\C=C/CCCCCCCCCCCCC(=O)OCC(COC(=O)CCCCCCCCCCCCCC)OC(=O)CCCCCCCCCCCCCCC. The summed E-state index contributed by atoms with van der Waals surface area (Å²) in [6.45, 7) is 6.64. The maximum Gasteiger partial charge on any atom is 0.306 e. The van der Waals surface area contributed by atoms with Crippen LogP contribution in [0.3, 0.4) is 0 Å². The van der Waals surface area contributed by atoms with Crippen LogP contribution >= 0.6 is 0 Å². The minimum absolute atomic E-state index is 0.0669. The van der Waals surface area contributed by atoms with Crippen LogP contribution in [0, 0.1) is 0 Å². The number of carbonyl (C=O) groups excluding carboxylic acids is 3. The minimum atomic E-state index is -0.766. The highest BCUT2D eigenvalue weighted by molar-refractivity contribution is 5.71. The Morgan fingerprint density at radius 3 is 0.887 bits per heavy atom. The van der Waals surface area contributed by atoms with Gasteiger partial charge >= 0.3 is 17.9 Å². The highest BCUT2D eigenvalue weighted by Crippen LogP contribution is 2.16. The van der Waals surface area contributed by atoms with Gasteiger partial charge in [-0.15, -0.1) is 0 Å². The number of rotatable bonds is 50. The molecule has 0 fully saturated rings. The summed E-state index contributed by atoms with van der Waals surface area (Å²) >= 11 is 0. The number of unbranched alkanes of at least 4 members (excludes halogenated alkanes) is 36. The highest BCUT2D eigenvalue weighted by Gasteiger charge is 2.19. The number of hydrogen-bond acceptors (Lipinski definition) is 6. The lowest BCUT2D eigenvalue weighted by atomic mass is 10.0. The van der Waals surface area contributed by atoms with Gasteiger partial charge in [-0.05, 0) is 44.9 Å². The van der Waals surface area contributed by atoms with Crippen LogP contribution in [-0.2, 0) is 28.6 Å². The van der Waals surface area contributed by atoms with Crippen molar-refractivity contribution in [3.63, 3.8) is 0 Å². The lowest BCUT2D eigenvalue weighted by Gasteiger charge is -2.18. The Balaban J connectivity index is 4.29. The predicted molar refractivity (Wildman–Crippen MR) is 266 cm³/mol. The number of carbonyl (C=O) groups is 3. The van der Waals surface area contributed by atoms with E-state index < -0.39 is 6.10 Å². The lowest BCUT2D eigenvalue weighted by molar-refractivity contribution is -0.167. The first-order valence-corrected chi connectivity index (χ1v) is 27.4. The third kappa shape index (κ3) is 48.9. The summed E-state index contributed by atoms with van der Waals surface area (Å²) in [5.41, 5.74) is 0. The molecule has 0 aliphatic carbocycles. The van der Waals surface area contributed by atoms with Crippen LogP contribution in [0.25, 0.3) is 0 Å². The topological polar surface area (TPSA) is 78.9 Å². The van der Waals surface area contributed by atoms with Crippen LogP contribution in [-0.4, -0.2) is 37.2 Å². The third-order valence-electron chi connectivity index (χ3n) is 12.2. The fourth-order valence-electron chi connectivity index (χ4n) is 8.08. The van der Waals surface area contributed by atoms with Crippen LogP contribution < -0.4 is 0 Å². The fourth-order valence-corrected chi connectivity index (χ4v) is 8.08. The Morgan fingerprint density at radius 1 is 0.323 bits per heavy atom. The van der Waals surface area contributed by atoms with Crippen molar-refractivity contribution >= 4 is 17.9 Å². The van der Waals surface area contributed by atoms with E-state index in [0.717, 1.165) is 57.8 Å². The van der Waals surface area contributed by atoms with Crippen molar-refractivity contribution in [3.05, 3.63) is 24.3 Å². The van der Waals surface area contributed by atoms with Gasteiger partial charge in [0.1, 0.15) is 13.2 Å². The quantitative estimate of drug-likeness (QED) is 0.0262. The van der Waals surface area contributed by atoms with Crippen molar-refractivity contribution in [3.8, 4) is 0 Å². The average molecular weight is 873 g/mol. The summed E-state index contributed by atoms with van der Waals surface area (Å²) in [6, 6.07) is 0. The van der Waals surface area contributed by atoms with Gasteiger partial charge in [0, 0.05) is 19.3 Å². The first kappa shape index (κ1) is 59.9. The van der Waals surface area contributed by atoms with E-state index in [9.17, 15) is 14.4 Å². The van der Waals surface area contributed by atoms with Crippen LogP contribution in [0.2, 0.25) is 0 Å². The Hall–Kier alpha value is -2.11. The van der Waals surface area contributed by atoms with Gasteiger partial charge in [-0.3, -0.25) is 14.4 Å². The van der Waals surface area contributed by atoms with Gasteiger partial charge in [-0.25, -0.2) is 0 Å². The molecule has 62 heavy (non-hydrogen) atoms. The van der Waals surface area contributed by atoms with Gasteiger partial charge in [0.15, 0.2) is 6.10 Å². The number of ether oxygens (including phenoxy) is 3. The molecule has 0 rings (SSSR count). The van der Waals surface area contributed by atoms with Crippen molar-refractivity contribution in [1.82, 2.24) is 0 Å². The molecule has 0 aliphatic heterocycles. The molecular weight excluding hydrogens is 769 g/mol. The van der Waals surface area contributed by atoms with E-state index >= 15 is 0 Å². The van der Waals surface area contributed by atoms with Gasteiger partial charge < -0.3 is 14.2 Å². The minimum Gasteiger partial charge on any atom is -0.462 e. The van der Waals surface area contributed by atoms with Crippen molar-refractivity contribution < 1.29 is 28.6 Å². The van der Waals surface area contributed by atoms with E-state index in [1.165, 1.54) is 199 Å². The number of hydrogen-bond donors (Lipinski definition) is 0. The predicted octanol–water partition coefficient (Wildman–Crippen LogP) is 17.9. The molecule has 0 aromatic heterocycles. The first-order valence-electron chi connectivity index (χ1n) is 27.4. The normalized spacial score (nSPS) is 12.1. The zero-order chi connectivity index (χ0) is 45.1. The maximum absolute atomic E-state index is 12.8.